The molecule has 2 heterocycles. The van der Waals surface area contributed by atoms with Crippen molar-refractivity contribution >= 4 is 0 Å². The van der Waals surface area contributed by atoms with Crippen LogP contribution in [-0.2, 0) is 13.1 Å². The zero-order chi connectivity index (χ0) is 19.5. The molecule has 1 N–H and O–H groups in total. The number of aliphatic hydroxyl groups is 1. The fourth-order valence-electron chi connectivity index (χ4n) is 3.42. The van der Waals surface area contributed by atoms with Gasteiger partial charge < -0.3 is 9.84 Å². The van der Waals surface area contributed by atoms with Gasteiger partial charge in [0.15, 0.2) is 11.6 Å². The molecule has 2 aromatic carbocycles. The maximum absolute atomic E-state index is 14.0. The highest BCUT2D eigenvalue weighted by atomic mass is 19.2. The molecule has 0 saturated carbocycles. The monoisotopic (exact) mass is 382 g/mol. The molecule has 0 bridgehead atoms. The lowest BCUT2D eigenvalue weighted by molar-refractivity contribution is 0.216. The molecule has 0 unspecified atom stereocenters. The fraction of sp³-hybridized carbons (Fsp3) is 0.227. The van der Waals surface area contributed by atoms with Crippen LogP contribution < -0.4 is 4.74 Å². The van der Waals surface area contributed by atoms with Gasteiger partial charge in [-0.2, -0.15) is 0 Å². The summed E-state index contributed by atoms with van der Waals surface area (Å²) in [7, 11) is 0. The predicted molar refractivity (Wildman–Crippen MR) is 101 cm³/mol. The Morgan fingerprint density at radius 1 is 1.11 bits per heavy atom. The van der Waals surface area contributed by atoms with Crippen molar-refractivity contribution in [1.29, 1.82) is 0 Å². The van der Waals surface area contributed by atoms with E-state index in [1.54, 1.807) is 24.5 Å². The topological polar surface area (TPSA) is 45.6 Å². The SMILES string of the molecule is O[C@H](c1cccnc1)c1ccc2c(c1)CN(Cc1cccc(F)c1F)CCO2. The Bertz CT molecular complexity index is 966. The van der Waals surface area contributed by atoms with Crippen LogP contribution in [0.25, 0.3) is 0 Å². The van der Waals surface area contributed by atoms with Gasteiger partial charge in [-0.05, 0) is 29.8 Å². The molecular formula is C22H20F2N2O2. The lowest BCUT2D eigenvalue weighted by Crippen LogP contribution is -2.25. The van der Waals surface area contributed by atoms with Gasteiger partial charge in [-0.15, -0.1) is 0 Å². The average Bonchev–Trinajstić information content (AvgIpc) is 2.92. The van der Waals surface area contributed by atoms with Gasteiger partial charge in [0.05, 0.1) is 0 Å². The van der Waals surface area contributed by atoms with Crippen molar-refractivity contribution in [3.05, 3.63) is 94.8 Å². The van der Waals surface area contributed by atoms with Gasteiger partial charge in [-0.25, -0.2) is 8.78 Å². The quantitative estimate of drug-likeness (QED) is 0.745. The van der Waals surface area contributed by atoms with Crippen molar-refractivity contribution in [2.45, 2.75) is 19.2 Å². The van der Waals surface area contributed by atoms with Gasteiger partial charge in [-0.1, -0.05) is 24.3 Å². The van der Waals surface area contributed by atoms with Crippen LogP contribution >= 0.6 is 0 Å². The van der Waals surface area contributed by atoms with E-state index in [4.69, 9.17) is 4.74 Å². The molecule has 1 aliphatic rings. The van der Waals surface area contributed by atoms with Crippen molar-refractivity contribution in [2.24, 2.45) is 0 Å². The maximum Gasteiger partial charge on any atom is 0.163 e. The number of ether oxygens (including phenoxy) is 1. The molecule has 28 heavy (non-hydrogen) atoms. The molecule has 0 spiro atoms. The number of halogens is 2. The van der Waals surface area contributed by atoms with Crippen molar-refractivity contribution in [3.8, 4) is 5.75 Å². The molecule has 144 valence electrons. The highest BCUT2D eigenvalue weighted by Gasteiger charge is 2.20. The number of nitrogens with zero attached hydrogens (tertiary/aromatic N) is 2. The van der Waals surface area contributed by atoms with Gasteiger partial charge in [0.1, 0.15) is 18.5 Å². The first-order valence-electron chi connectivity index (χ1n) is 9.10. The van der Waals surface area contributed by atoms with E-state index in [-0.39, 0.29) is 6.54 Å². The van der Waals surface area contributed by atoms with Crippen molar-refractivity contribution < 1.29 is 18.6 Å². The van der Waals surface area contributed by atoms with Crippen LogP contribution in [-0.4, -0.2) is 28.1 Å². The number of hydrogen-bond donors (Lipinski definition) is 1. The molecule has 0 saturated heterocycles. The summed E-state index contributed by atoms with van der Waals surface area (Å²) in [6, 6.07) is 13.4. The van der Waals surface area contributed by atoms with Crippen LogP contribution in [0.15, 0.2) is 60.9 Å². The van der Waals surface area contributed by atoms with E-state index in [1.165, 1.54) is 6.07 Å². The second kappa shape index (κ2) is 8.04. The Labute approximate surface area is 162 Å². The van der Waals surface area contributed by atoms with Gasteiger partial charge in [0, 0.05) is 48.7 Å². The zero-order valence-corrected chi connectivity index (χ0v) is 15.2. The first-order chi connectivity index (χ1) is 13.6. The Kier molecular flexibility index (Phi) is 5.32. The lowest BCUT2D eigenvalue weighted by Gasteiger charge is -2.20. The summed E-state index contributed by atoms with van der Waals surface area (Å²) in [5.41, 5.74) is 2.65. The first-order valence-corrected chi connectivity index (χ1v) is 9.10. The van der Waals surface area contributed by atoms with E-state index in [2.05, 4.69) is 4.98 Å². The van der Waals surface area contributed by atoms with Crippen LogP contribution in [0.5, 0.6) is 5.75 Å². The van der Waals surface area contributed by atoms with Crippen molar-refractivity contribution in [3.63, 3.8) is 0 Å². The predicted octanol–water partition coefficient (Wildman–Crippen LogP) is 3.84. The summed E-state index contributed by atoms with van der Waals surface area (Å²) in [6.07, 6.45) is 2.49. The minimum absolute atomic E-state index is 0.280. The largest absolute Gasteiger partial charge is 0.492 e. The highest BCUT2D eigenvalue weighted by molar-refractivity contribution is 5.41. The molecule has 0 fully saturated rings. The van der Waals surface area contributed by atoms with Crippen molar-refractivity contribution in [2.75, 3.05) is 13.2 Å². The number of rotatable bonds is 4. The Morgan fingerprint density at radius 2 is 2.00 bits per heavy atom. The van der Waals surface area contributed by atoms with Crippen LogP contribution in [0.3, 0.4) is 0 Å². The molecule has 4 nitrogen and oxygen atoms in total. The summed E-state index contributed by atoms with van der Waals surface area (Å²) in [5, 5.41) is 10.6. The van der Waals surface area contributed by atoms with Gasteiger partial charge in [-0.3, -0.25) is 9.88 Å². The highest BCUT2D eigenvalue weighted by Crippen LogP contribution is 2.30. The number of aromatic nitrogens is 1. The molecule has 0 amide bonds. The fourth-order valence-corrected chi connectivity index (χ4v) is 3.42. The maximum atomic E-state index is 14.0. The molecular weight excluding hydrogens is 362 g/mol. The van der Waals surface area contributed by atoms with Crippen LogP contribution in [0.2, 0.25) is 0 Å². The summed E-state index contributed by atoms with van der Waals surface area (Å²) in [6.45, 7) is 1.83. The van der Waals surface area contributed by atoms with E-state index in [1.807, 2.05) is 29.2 Å². The number of benzene rings is 2. The smallest absolute Gasteiger partial charge is 0.163 e. The number of pyridine rings is 1. The molecule has 3 aromatic rings. The average molecular weight is 382 g/mol. The van der Waals surface area contributed by atoms with Gasteiger partial charge in [0.2, 0.25) is 0 Å². The summed E-state index contributed by atoms with van der Waals surface area (Å²) < 4.78 is 33.4. The summed E-state index contributed by atoms with van der Waals surface area (Å²) in [5.74, 6) is -0.913. The van der Waals surface area contributed by atoms with Crippen LogP contribution in [0.1, 0.15) is 28.4 Å². The Morgan fingerprint density at radius 3 is 2.82 bits per heavy atom. The third-order valence-electron chi connectivity index (χ3n) is 4.88. The summed E-state index contributed by atoms with van der Waals surface area (Å²) >= 11 is 0. The zero-order valence-electron chi connectivity index (χ0n) is 15.2. The standard InChI is InChI=1S/C22H20F2N2O2/c23-19-5-1-3-17(21(19)24)13-26-9-10-28-20-7-6-15(11-18(20)14-26)22(27)16-4-2-8-25-12-16/h1-8,11-12,22,27H,9-10,13-14H2/t22-/m0/s1. The molecule has 1 atom stereocenters. The molecule has 1 aromatic heterocycles. The lowest BCUT2D eigenvalue weighted by atomic mass is 10.00. The van der Waals surface area contributed by atoms with E-state index in [0.717, 1.165) is 22.9 Å². The van der Waals surface area contributed by atoms with E-state index < -0.39 is 17.7 Å². The van der Waals surface area contributed by atoms with Gasteiger partial charge in [0.25, 0.3) is 0 Å². The molecule has 4 rings (SSSR count). The Balaban J connectivity index is 1.57. The van der Waals surface area contributed by atoms with Crippen LogP contribution in [0, 0.1) is 11.6 Å². The van der Waals surface area contributed by atoms with E-state index >= 15 is 0 Å². The molecule has 1 aliphatic heterocycles. The van der Waals surface area contributed by atoms with E-state index in [0.29, 0.717) is 30.8 Å². The second-order valence-corrected chi connectivity index (χ2v) is 6.83. The van der Waals surface area contributed by atoms with E-state index in [9.17, 15) is 13.9 Å². The number of aliphatic hydroxyl groups excluding tert-OH is 1. The molecule has 0 radical (unpaired) electrons. The third kappa shape index (κ3) is 3.88. The van der Waals surface area contributed by atoms with Crippen LogP contribution in [0.4, 0.5) is 8.78 Å². The minimum Gasteiger partial charge on any atom is -0.492 e. The molecule has 0 aliphatic carbocycles. The first kappa shape index (κ1) is 18.5. The Hall–Kier alpha value is -2.83. The molecule has 6 heteroatoms. The third-order valence-corrected chi connectivity index (χ3v) is 4.88. The van der Waals surface area contributed by atoms with Crippen molar-refractivity contribution in [1.82, 2.24) is 9.88 Å². The number of fused-ring (bicyclic) bond motifs is 1. The summed E-state index contributed by atoms with van der Waals surface area (Å²) in [4.78, 5) is 6.05. The number of hydrogen-bond acceptors (Lipinski definition) is 4. The normalized spacial score (nSPS) is 15.4. The second-order valence-electron chi connectivity index (χ2n) is 6.83. The minimum atomic E-state index is -0.842. The van der Waals surface area contributed by atoms with Gasteiger partial charge >= 0.3 is 0 Å².